The lowest BCUT2D eigenvalue weighted by atomic mass is 9.94. The molecule has 0 saturated carbocycles. The first-order valence-corrected chi connectivity index (χ1v) is 9.07. The van der Waals surface area contributed by atoms with Crippen molar-refractivity contribution in [3.05, 3.63) is 40.3 Å². The van der Waals surface area contributed by atoms with Crippen molar-refractivity contribution in [2.75, 3.05) is 18.2 Å². The number of methoxy groups -OCH3 is 1. The van der Waals surface area contributed by atoms with Gasteiger partial charge < -0.3 is 21.2 Å². The highest BCUT2D eigenvalue weighted by Crippen LogP contribution is 2.39. The molecule has 0 bridgehead atoms. The number of nitrogens with zero attached hydrogens (tertiary/aromatic N) is 2. The third-order valence-electron chi connectivity index (χ3n) is 4.71. The number of halogens is 1. The lowest BCUT2D eigenvalue weighted by Gasteiger charge is -2.21. The van der Waals surface area contributed by atoms with Gasteiger partial charge in [0.2, 0.25) is 0 Å². The largest absolute Gasteiger partial charge is 0.398 e. The number of aromatic nitrogens is 2. The van der Waals surface area contributed by atoms with Crippen LogP contribution in [0.5, 0.6) is 0 Å². The van der Waals surface area contributed by atoms with Gasteiger partial charge in [0.1, 0.15) is 22.8 Å². The number of ether oxygens (including phenoxy) is 1. The van der Waals surface area contributed by atoms with Gasteiger partial charge >= 0.3 is 0 Å². The van der Waals surface area contributed by atoms with Gasteiger partial charge in [0, 0.05) is 35.9 Å². The second kappa shape index (κ2) is 6.62. The molecule has 1 aliphatic rings. The predicted molar refractivity (Wildman–Crippen MR) is 102 cm³/mol. The van der Waals surface area contributed by atoms with Crippen LogP contribution in [0.25, 0.3) is 10.2 Å². The topological polar surface area (TPSA) is 96.9 Å². The van der Waals surface area contributed by atoms with Crippen LogP contribution in [0.15, 0.2) is 18.5 Å². The number of anilines is 3. The molecule has 8 heteroatoms. The molecule has 0 amide bonds. The molecule has 0 fully saturated rings. The van der Waals surface area contributed by atoms with Crippen molar-refractivity contribution in [3.63, 3.8) is 0 Å². The molecule has 1 atom stereocenters. The zero-order chi connectivity index (χ0) is 18.3. The average Bonchev–Trinajstić information content (AvgIpc) is 3.02. The van der Waals surface area contributed by atoms with E-state index in [4.69, 9.17) is 15.9 Å². The van der Waals surface area contributed by atoms with E-state index in [0.717, 1.165) is 35.7 Å². The minimum absolute atomic E-state index is 0.227. The second-order valence-corrected chi connectivity index (χ2v) is 7.32. The van der Waals surface area contributed by atoms with Crippen molar-refractivity contribution in [1.82, 2.24) is 9.97 Å². The van der Waals surface area contributed by atoms with Gasteiger partial charge in [0.05, 0.1) is 17.2 Å². The lowest BCUT2D eigenvalue weighted by molar-refractivity contribution is 0.0922. The molecular weight excluding hydrogens is 353 g/mol. The standard InChI is InChI=1S/C18H18FN5OS/c1-25-10-2-3-11-15(5-10)26-18-16(11)17(22-8-23-18)24-14-4-9(7-20)13(21)6-12(14)19/h4,6-8,10,20H,2-3,5,21H2,1H3,(H,22,23,24). The number of thiophene rings is 1. The van der Waals surface area contributed by atoms with E-state index in [2.05, 4.69) is 15.3 Å². The summed E-state index contributed by atoms with van der Waals surface area (Å²) in [7, 11) is 1.74. The second-order valence-electron chi connectivity index (χ2n) is 6.24. The number of nitrogens with two attached hydrogens (primary N) is 1. The SMILES string of the molecule is COC1CCc2c(sc3ncnc(Nc4cc(C=N)c(N)cc4F)c23)C1. The van der Waals surface area contributed by atoms with Crippen LogP contribution in [0.4, 0.5) is 21.6 Å². The van der Waals surface area contributed by atoms with Crippen LogP contribution in [0.2, 0.25) is 0 Å². The quantitative estimate of drug-likeness (QED) is 0.480. The zero-order valence-electron chi connectivity index (χ0n) is 14.2. The molecule has 1 aliphatic carbocycles. The van der Waals surface area contributed by atoms with E-state index in [0.29, 0.717) is 11.4 Å². The molecule has 2 aromatic heterocycles. The number of fused-ring (bicyclic) bond motifs is 3. The maximum Gasteiger partial charge on any atom is 0.148 e. The number of hydrogen-bond acceptors (Lipinski definition) is 7. The molecule has 134 valence electrons. The van der Waals surface area contributed by atoms with Gasteiger partial charge in [-0.3, -0.25) is 0 Å². The predicted octanol–water partition coefficient (Wildman–Crippen LogP) is 3.66. The van der Waals surface area contributed by atoms with Gasteiger partial charge in [-0.2, -0.15) is 0 Å². The van der Waals surface area contributed by atoms with Gasteiger partial charge in [0.15, 0.2) is 0 Å². The molecule has 0 saturated heterocycles. The van der Waals surface area contributed by atoms with E-state index in [9.17, 15) is 4.39 Å². The van der Waals surface area contributed by atoms with Gasteiger partial charge in [-0.05, 0) is 30.5 Å². The van der Waals surface area contributed by atoms with Crippen LogP contribution in [-0.4, -0.2) is 29.4 Å². The Morgan fingerprint density at radius 3 is 3.04 bits per heavy atom. The van der Waals surface area contributed by atoms with Crippen molar-refractivity contribution < 1.29 is 9.13 Å². The van der Waals surface area contributed by atoms with Crippen molar-refractivity contribution in [2.45, 2.75) is 25.4 Å². The summed E-state index contributed by atoms with van der Waals surface area (Å²) in [6, 6.07) is 2.73. The molecule has 4 N–H and O–H groups in total. The number of hydrogen-bond donors (Lipinski definition) is 3. The maximum atomic E-state index is 14.3. The van der Waals surface area contributed by atoms with Crippen LogP contribution in [-0.2, 0) is 17.6 Å². The number of benzene rings is 1. The fourth-order valence-electron chi connectivity index (χ4n) is 3.33. The summed E-state index contributed by atoms with van der Waals surface area (Å²) in [6.07, 6.45) is 5.49. The van der Waals surface area contributed by atoms with Crippen molar-refractivity contribution in [2.24, 2.45) is 0 Å². The molecule has 0 aliphatic heterocycles. The number of aryl methyl sites for hydroxylation is 1. The Labute approximate surface area is 153 Å². The Kier molecular flexibility index (Phi) is 4.29. The van der Waals surface area contributed by atoms with Crippen molar-refractivity contribution >= 4 is 45.0 Å². The summed E-state index contributed by atoms with van der Waals surface area (Å²) in [6.45, 7) is 0. The van der Waals surface area contributed by atoms with Crippen molar-refractivity contribution in [1.29, 1.82) is 5.41 Å². The fraction of sp³-hybridized carbons (Fsp3) is 0.278. The highest BCUT2D eigenvalue weighted by molar-refractivity contribution is 7.19. The Bertz CT molecular complexity index is 1000. The maximum absolute atomic E-state index is 14.3. The zero-order valence-corrected chi connectivity index (χ0v) is 15.0. The van der Waals surface area contributed by atoms with Gasteiger partial charge in [-0.15, -0.1) is 11.3 Å². The summed E-state index contributed by atoms with van der Waals surface area (Å²) in [5.41, 5.74) is 7.87. The van der Waals surface area contributed by atoms with Crippen LogP contribution >= 0.6 is 11.3 Å². The van der Waals surface area contributed by atoms with Gasteiger partial charge in [0.25, 0.3) is 0 Å². The molecule has 0 spiro atoms. The Balaban J connectivity index is 1.79. The third-order valence-corrected chi connectivity index (χ3v) is 5.88. The molecule has 26 heavy (non-hydrogen) atoms. The minimum Gasteiger partial charge on any atom is -0.398 e. The molecule has 4 rings (SSSR count). The number of nitrogen functional groups attached to an aromatic ring is 1. The van der Waals surface area contributed by atoms with Gasteiger partial charge in [-0.1, -0.05) is 0 Å². The summed E-state index contributed by atoms with van der Waals surface area (Å²) >= 11 is 1.64. The first-order chi connectivity index (χ1) is 12.6. The first kappa shape index (κ1) is 16.9. The highest BCUT2D eigenvalue weighted by atomic mass is 32.1. The molecule has 6 nitrogen and oxygen atoms in total. The van der Waals surface area contributed by atoms with Crippen LogP contribution in [0, 0.1) is 11.2 Å². The highest BCUT2D eigenvalue weighted by Gasteiger charge is 2.25. The molecular formula is C18H18FN5OS. The minimum atomic E-state index is -0.483. The van der Waals surface area contributed by atoms with E-state index in [1.807, 2.05) is 0 Å². The molecule has 3 aromatic rings. The smallest absolute Gasteiger partial charge is 0.148 e. The fourth-order valence-corrected chi connectivity index (χ4v) is 4.58. The van der Waals surface area contributed by atoms with Crippen LogP contribution < -0.4 is 11.1 Å². The third kappa shape index (κ3) is 2.81. The summed E-state index contributed by atoms with van der Waals surface area (Å²) in [5, 5.41) is 11.4. The molecule has 1 aromatic carbocycles. The lowest BCUT2D eigenvalue weighted by Crippen LogP contribution is -2.19. The van der Waals surface area contributed by atoms with E-state index in [-0.39, 0.29) is 17.5 Å². The number of nitrogens with one attached hydrogen (secondary N) is 2. The van der Waals surface area contributed by atoms with E-state index < -0.39 is 5.82 Å². The average molecular weight is 371 g/mol. The van der Waals surface area contributed by atoms with E-state index in [1.165, 1.54) is 28.9 Å². The van der Waals surface area contributed by atoms with Crippen molar-refractivity contribution in [3.8, 4) is 0 Å². The van der Waals surface area contributed by atoms with Crippen LogP contribution in [0.1, 0.15) is 22.4 Å². The normalized spacial score (nSPS) is 16.5. The Morgan fingerprint density at radius 1 is 1.42 bits per heavy atom. The van der Waals surface area contributed by atoms with Crippen LogP contribution in [0.3, 0.4) is 0 Å². The monoisotopic (exact) mass is 371 g/mol. The summed E-state index contributed by atoms with van der Waals surface area (Å²) in [4.78, 5) is 10.9. The first-order valence-electron chi connectivity index (χ1n) is 8.25. The molecule has 0 radical (unpaired) electrons. The Morgan fingerprint density at radius 2 is 2.27 bits per heavy atom. The summed E-state index contributed by atoms with van der Waals surface area (Å²) < 4.78 is 19.8. The molecule has 1 unspecified atom stereocenters. The number of rotatable bonds is 4. The Hall–Kier alpha value is -2.58. The van der Waals surface area contributed by atoms with E-state index in [1.54, 1.807) is 18.4 Å². The van der Waals surface area contributed by atoms with Gasteiger partial charge in [-0.25, -0.2) is 14.4 Å². The summed E-state index contributed by atoms with van der Waals surface area (Å²) in [5.74, 6) is 0.0892. The van der Waals surface area contributed by atoms with E-state index >= 15 is 0 Å². The molecule has 2 heterocycles.